The van der Waals surface area contributed by atoms with E-state index < -0.39 is 0 Å². The van der Waals surface area contributed by atoms with Crippen molar-refractivity contribution >= 4 is 28.3 Å². The number of nitrogens with one attached hydrogen (secondary N) is 1. The number of fused-ring (bicyclic) bond motifs is 1. The normalized spacial score (nSPS) is 10.2. The number of benzene rings is 1. The number of halogens is 1. The molecule has 0 radical (unpaired) electrons. The maximum Gasteiger partial charge on any atom is 0.152 e. The first-order chi connectivity index (χ1) is 7.74. The van der Waals surface area contributed by atoms with Crippen LogP contribution in [0.25, 0.3) is 10.9 Å². The van der Waals surface area contributed by atoms with Crippen LogP contribution < -0.4 is 0 Å². The summed E-state index contributed by atoms with van der Waals surface area (Å²) >= 11 is 5.47. The zero-order chi connectivity index (χ0) is 11.5. The molecule has 0 bridgehead atoms. The van der Waals surface area contributed by atoms with Crippen molar-refractivity contribution in [2.75, 3.05) is 5.88 Å². The third kappa shape index (κ3) is 1.93. The summed E-state index contributed by atoms with van der Waals surface area (Å²) < 4.78 is 0. The zero-order valence-electron chi connectivity index (χ0n) is 8.46. The van der Waals surface area contributed by atoms with Crippen LogP contribution in [0.5, 0.6) is 0 Å². The zero-order valence-corrected chi connectivity index (χ0v) is 9.21. The molecule has 0 spiro atoms. The number of H-pyrrole nitrogens is 1. The topological polar surface area (TPSA) is 56.6 Å². The van der Waals surface area contributed by atoms with Gasteiger partial charge < -0.3 is 4.98 Å². The lowest BCUT2D eigenvalue weighted by Crippen LogP contribution is -2.02. The molecule has 2 rings (SSSR count). The van der Waals surface area contributed by atoms with Gasteiger partial charge in [0.1, 0.15) is 0 Å². The van der Waals surface area contributed by atoms with Crippen molar-refractivity contribution in [3.8, 4) is 6.07 Å². The summed E-state index contributed by atoms with van der Waals surface area (Å²) in [6.45, 7) is 0. The van der Waals surface area contributed by atoms with E-state index in [9.17, 15) is 4.79 Å². The number of nitriles is 1. The van der Waals surface area contributed by atoms with E-state index >= 15 is 0 Å². The molecule has 0 unspecified atom stereocenters. The average Bonchev–Trinajstić information content (AvgIpc) is 2.71. The van der Waals surface area contributed by atoms with Crippen LogP contribution in [0.4, 0.5) is 0 Å². The van der Waals surface area contributed by atoms with Gasteiger partial charge in [-0.3, -0.25) is 4.79 Å². The fourth-order valence-electron chi connectivity index (χ4n) is 1.65. The van der Waals surface area contributed by atoms with Crippen LogP contribution in [0.1, 0.15) is 11.1 Å². The highest BCUT2D eigenvalue weighted by Crippen LogP contribution is 2.20. The standard InChI is InChI=1S/C12H9ClN2O/c13-5-10(16)4-9-7-15-12-2-1-8(6-14)3-11(9)12/h1-3,7,15H,4-5H2. The van der Waals surface area contributed by atoms with Crippen molar-refractivity contribution < 1.29 is 4.79 Å². The molecule has 3 nitrogen and oxygen atoms in total. The summed E-state index contributed by atoms with van der Waals surface area (Å²) in [5, 5.41) is 9.72. The van der Waals surface area contributed by atoms with Gasteiger partial charge in [-0.2, -0.15) is 5.26 Å². The lowest BCUT2D eigenvalue weighted by molar-refractivity contribution is -0.116. The van der Waals surface area contributed by atoms with Crippen molar-refractivity contribution in [3.63, 3.8) is 0 Å². The summed E-state index contributed by atoms with van der Waals surface area (Å²) in [5.41, 5.74) is 2.40. The summed E-state index contributed by atoms with van der Waals surface area (Å²) in [6, 6.07) is 7.44. The molecule has 1 aromatic heterocycles. The molecule has 80 valence electrons. The minimum absolute atomic E-state index is 0.0185. The molecular weight excluding hydrogens is 224 g/mol. The van der Waals surface area contributed by atoms with Gasteiger partial charge >= 0.3 is 0 Å². The van der Waals surface area contributed by atoms with Crippen LogP contribution in [0.2, 0.25) is 0 Å². The van der Waals surface area contributed by atoms with E-state index in [1.807, 2.05) is 6.07 Å². The van der Waals surface area contributed by atoms with Crippen LogP contribution >= 0.6 is 11.6 Å². The fourth-order valence-corrected chi connectivity index (χ4v) is 1.75. The van der Waals surface area contributed by atoms with E-state index in [-0.39, 0.29) is 11.7 Å². The molecule has 1 aromatic carbocycles. The van der Waals surface area contributed by atoms with Crippen LogP contribution in [-0.4, -0.2) is 16.6 Å². The van der Waals surface area contributed by atoms with Crippen LogP contribution in [0.15, 0.2) is 24.4 Å². The molecule has 0 saturated heterocycles. The monoisotopic (exact) mass is 232 g/mol. The van der Waals surface area contributed by atoms with Crippen LogP contribution in [0, 0.1) is 11.3 Å². The van der Waals surface area contributed by atoms with Gasteiger partial charge in [-0.25, -0.2) is 0 Å². The van der Waals surface area contributed by atoms with Gasteiger partial charge in [0.15, 0.2) is 5.78 Å². The molecule has 0 aliphatic carbocycles. The number of aromatic amines is 1. The number of Topliss-reactive ketones (excluding diaryl/α,β-unsaturated/α-hetero) is 1. The SMILES string of the molecule is N#Cc1ccc2[nH]cc(CC(=O)CCl)c2c1. The average molecular weight is 233 g/mol. The second kappa shape index (κ2) is 4.38. The predicted octanol–water partition coefficient (Wildman–Crippen LogP) is 2.39. The maximum absolute atomic E-state index is 11.3. The Morgan fingerprint density at radius 3 is 3.00 bits per heavy atom. The third-order valence-electron chi connectivity index (χ3n) is 2.43. The second-order valence-electron chi connectivity index (χ2n) is 3.54. The number of ketones is 1. The van der Waals surface area contributed by atoms with Crippen molar-refractivity contribution in [2.24, 2.45) is 0 Å². The Balaban J connectivity index is 2.46. The van der Waals surface area contributed by atoms with Crippen molar-refractivity contribution in [1.29, 1.82) is 5.26 Å². The maximum atomic E-state index is 11.3. The molecule has 16 heavy (non-hydrogen) atoms. The number of alkyl halides is 1. The fraction of sp³-hybridized carbons (Fsp3) is 0.167. The third-order valence-corrected chi connectivity index (χ3v) is 2.73. The van der Waals surface area contributed by atoms with Crippen molar-refractivity contribution in [2.45, 2.75) is 6.42 Å². The lowest BCUT2D eigenvalue weighted by Gasteiger charge is -1.96. The smallest absolute Gasteiger partial charge is 0.152 e. The van der Waals surface area contributed by atoms with Gasteiger partial charge in [0, 0.05) is 23.5 Å². The number of hydrogen-bond donors (Lipinski definition) is 1. The lowest BCUT2D eigenvalue weighted by atomic mass is 10.1. The van der Waals surface area contributed by atoms with E-state index in [0.717, 1.165) is 16.5 Å². The summed E-state index contributed by atoms with van der Waals surface area (Å²) in [7, 11) is 0. The molecule has 0 amide bonds. The highest BCUT2D eigenvalue weighted by molar-refractivity contribution is 6.27. The number of rotatable bonds is 3. The summed E-state index contributed by atoms with van der Waals surface area (Å²) in [6.07, 6.45) is 2.09. The molecular formula is C12H9ClN2O. The molecule has 0 aliphatic heterocycles. The van der Waals surface area contributed by atoms with Gasteiger partial charge in [0.2, 0.25) is 0 Å². The Morgan fingerprint density at radius 2 is 2.31 bits per heavy atom. The largest absolute Gasteiger partial charge is 0.361 e. The first-order valence-corrected chi connectivity index (χ1v) is 5.36. The molecule has 1 N–H and O–H groups in total. The molecule has 0 atom stereocenters. The first-order valence-electron chi connectivity index (χ1n) is 4.82. The molecule has 0 aliphatic rings. The van der Waals surface area contributed by atoms with Crippen LogP contribution in [0.3, 0.4) is 0 Å². The van der Waals surface area contributed by atoms with Gasteiger partial charge in [-0.1, -0.05) is 0 Å². The van der Waals surface area contributed by atoms with Crippen LogP contribution in [-0.2, 0) is 11.2 Å². The van der Waals surface area contributed by atoms with E-state index in [4.69, 9.17) is 16.9 Å². The quantitative estimate of drug-likeness (QED) is 0.826. The van der Waals surface area contributed by atoms with Crippen molar-refractivity contribution in [3.05, 3.63) is 35.5 Å². The van der Waals surface area contributed by atoms with E-state index in [1.54, 1.807) is 18.3 Å². The number of hydrogen-bond acceptors (Lipinski definition) is 2. The minimum Gasteiger partial charge on any atom is -0.361 e. The highest BCUT2D eigenvalue weighted by atomic mass is 35.5. The Morgan fingerprint density at radius 1 is 1.50 bits per heavy atom. The van der Waals surface area contributed by atoms with Gasteiger partial charge in [0.05, 0.1) is 17.5 Å². The van der Waals surface area contributed by atoms with Gasteiger partial charge in [0.25, 0.3) is 0 Å². The number of nitrogens with zero attached hydrogens (tertiary/aromatic N) is 1. The van der Waals surface area contributed by atoms with E-state index in [1.165, 1.54) is 0 Å². The second-order valence-corrected chi connectivity index (χ2v) is 3.80. The summed E-state index contributed by atoms with van der Waals surface area (Å²) in [5.74, 6) is -0.00475. The molecule has 0 saturated carbocycles. The summed E-state index contributed by atoms with van der Waals surface area (Å²) in [4.78, 5) is 14.3. The van der Waals surface area contributed by atoms with E-state index in [2.05, 4.69) is 11.1 Å². The molecule has 1 heterocycles. The Hall–Kier alpha value is -1.79. The first kappa shape index (κ1) is 10.7. The highest BCUT2D eigenvalue weighted by Gasteiger charge is 2.08. The molecule has 4 heteroatoms. The Bertz CT molecular complexity index is 580. The number of carbonyl (C=O) groups is 1. The molecule has 2 aromatic rings. The van der Waals surface area contributed by atoms with Gasteiger partial charge in [-0.15, -0.1) is 11.6 Å². The number of carbonyl (C=O) groups excluding carboxylic acids is 1. The Labute approximate surface area is 97.6 Å². The van der Waals surface area contributed by atoms with E-state index in [0.29, 0.717) is 12.0 Å². The Kier molecular flexibility index (Phi) is 2.93. The molecule has 0 fully saturated rings. The number of aromatic nitrogens is 1. The predicted molar refractivity (Wildman–Crippen MR) is 62.4 cm³/mol. The van der Waals surface area contributed by atoms with Crippen molar-refractivity contribution in [1.82, 2.24) is 4.98 Å². The minimum atomic E-state index is -0.0232. The van der Waals surface area contributed by atoms with Gasteiger partial charge in [-0.05, 0) is 23.8 Å².